The molecule has 0 aliphatic carbocycles. The normalized spacial score (nSPS) is 12.6. The summed E-state index contributed by atoms with van der Waals surface area (Å²) >= 11 is 0. The molecule has 0 aromatic carbocycles. The van der Waals surface area contributed by atoms with Crippen LogP contribution >= 0.6 is 0 Å². The maximum absolute atomic E-state index is 11.1. The number of nitrogens with two attached hydrogens (primary N) is 2. The Hall–Kier alpha value is -0.650. The first-order valence-electron chi connectivity index (χ1n) is 4.14. The average molecular weight is 174 g/mol. The van der Waals surface area contributed by atoms with E-state index in [0.717, 1.165) is 19.3 Å². The molecule has 72 valence electrons. The molecule has 0 aliphatic rings. The highest BCUT2D eigenvalue weighted by atomic mass is 16.2. The van der Waals surface area contributed by atoms with Gasteiger partial charge in [0.05, 0.1) is 6.04 Å². The van der Waals surface area contributed by atoms with Crippen LogP contribution in [0.4, 0.5) is 0 Å². The minimum Gasteiger partial charge on any atom is -0.358 e. The van der Waals surface area contributed by atoms with Crippen molar-refractivity contribution < 1.29 is 4.79 Å². The Labute approximate surface area is 72.8 Å². The van der Waals surface area contributed by atoms with E-state index in [1.807, 2.05) is 0 Å². The van der Waals surface area contributed by atoms with Crippen LogP contribution in [0.3, 0.4) is 0 Å². The number of likely N-dealkylation sites (N-methyl/N-ethyl adjacent to an activating group) is 1. The van der Waals surface area contributed by atoms with Gasteiger partial charge in [-0.3, -0.25) is 10.6 Å². The molecule has 6 N–H and O–H groups in total. The van der Waals surface area contributed by atoms with E-state index < -0.39 is 0 Å². The molecular weight excluding hydrogens is 156 g/mol. The van der Waals surface area contributed by atoms with Crippen molar-refractivity contribution in [2.45, 2.75) is 25.3 Å². The highest BCUT2D eigenvalue weighted by Gasteiger charge is 2.13. The van der Waals surface area contributed by atoms with Gasteiger partial charge in [-0.05, 0) is 19.4 Å². The number of carbonyl (C=O) groups is 1. The summed E-state index contributed by atoms with van der Waals surface area (Å²) in [6.45, 7) is 0.658. The lowest BCUT2D eigenvalue weighted by atomic mass is 10.1. The summed E-state index contributed by atoms with van der Waals surface area (Å²) < 4.78 is 0. The molecule has 0 radical (unpaired) electrons. The largest absolute Gasteiger partial charge is 0.358 e. The molecule has 0 aliphatic heterocycles. The second-order valence-corrected chi connectivity index (χ2v) is 2.62. The zero-order valence-corrected chi connectivity index (χ0v) is 7.47. The molecule has 0 aromatic heterocycles. The van der Waals surface area contributed by atoms with Crippen LogP contribution in [0.15, 0.2) is 0 Å². The van der Waals surface area contributed by atoms with E-state index in [1.165, 1.54) is 0 Å². The molecule has 0 heterocycles. The van der Waals surface area contributed by atoms with E-state index >= 15 is 0 Å². The lowest BCUT2D eigenvalue weighted by molar-refractivity contribution is -0.122. The van der Waals surface area contributed by atoms with Crippen molar-refractivity contribution in [3.63, 3.8) is 0 Å². The summed E-state index contributed by atoms with van der Waals surface area (Å²) in [5.41, 5.74) is 7.77. The predicted molar refractivity (Wildman–Crippen MR) is 48.1 cm³/mol. The topological polar surface area (TPSA) is 93.2 Å². The Morgan fingerprint density at radius 2 is 2.17 bits per heavy atom. The number of nitrogens with one attached hydrogen (secondary N) is 2. The summed E-state index contributed by atoms with van der Waals surface area (Å²) in [7, 11) is 1.59. The smallest absolute Gasteiger partial charge is 0.238 e. The summed E-state index contributed by atoms with van der Waals surface area (Å²) in [5, 5.41) is 2.53. The average Bonchev–Trinajstić information content (AvgIpc) is 2.11. The molecule has 0 bridgehead atoms. The van der Waals surface area contributed by atoms with Gasteiger partial charge in [0.25, 0.3) is 0 Å². The van der Waals surface area contributed by atoms with Crippen LogP contribution in [0.25, 0.3) is 0 Å². The molecular formula is C7H18N4O. The zero-order valence-electron chi connectivity index (χ0n) is 7.47. The molecule has 0 fully saturated rings. The van der Waals surface area contributed by atoms with Gasteiger partial charge in [-0.15, -0.1) is 0 Å². The van der Waals surface area contributed by atoms with Crippen molar-refractivity contribution in [2.24, 2.45) is 11.6 Å². The van der Waals surface area contributed by atoms with Gasteiger partial charge in [-0.2, -0.15) is 0 Å². The van der Waals surface area contributed by atoms with Crippen LogP contribution in [0, 0.1) is 0 Å². The second-order valence-electron chi connectivity index (χ2n) is 2.62. The summed E-state index contributed by atoms with van der Waals surface area (Å²) in [6.07, 6.45) is 2.57. The van der Waals surface area contributed by atoms with E-state index in [1.54, 1.807) is 7.05 Å². The van der Waals surface area contributed by atoms with Gasteiger partial charge < -0.3 is 11.1 Å². The quantitative estimate of drug-likeness (QED) is 0.228. The molecule has 0 rings (SSSR count). The summed E-state index contributed by atoms with van der Waals surface area (Å²) in [6, 6.07) is -0.290. The minimum atomic E-state index is -0.290. The third-order valence-corrected chi connectivity index (χ3v) is 1.71. The molecule has 0 spiro atoms. The molecule has 1 atom stereocenters. The number of hydrogen-bond acceptors (Lipinski definition) is 4. The molecule has 5 nitrogen and oxygen atoms in total. The first-order valence-corrected chi connectivity index (χ1v) is 4.14. The second kappa shape index (κ2) is 7.02. The highest BCUT2D eigenvalue weighted by molar-refractivity contribution is 5.81. The molecule has 0 saturated carbocycles. The van der Waals surface area contributed by atoms with Crippen LogP contribution < -0.4 is 22.3 Å². The van der Waals surface area contributed by atoms with Crippen molar-refractivity contribution in [1.82, 2.24) is 10.7 Å². The fourth-order valence-electron chi connectivity index (χ4n) is 0.957. The Bertz CT molecular complexity index is 129. The number of unbranched alkanes of at least 4 members (excludes halogenated alkanes) is 1. The maximum Gasteiger partial charge on any atom is 0.238 e. The van der Waals surface area contributed by atoms with E-state index in [2.05, 4.69) is 10.7 Å². The van der Waals surface area contributed by atoms with Gasteiger partial charge in [0.2, 0.25) is 5.91 Å². The first kappa shape index (κ1) is 11.4. The van der Waals surface area contributed by atoms with Crippen LogP contribution in [-0.4, -0.2) is 25.5 Å². The molecule has 1 amide bonds. The first-order chi connectivity index (χ1) is 5.76. The number of amides is 1. The van der Waals surface area contributed by atoms with Gasteiger partial charge in [-0.25, -0.2) is 5.43 Å². The summed E-state index contributed by atoms with van der Waals surface area (Å²) in [4.78, 5) is 11.1. The molecule has 0 saturated heterocycles. The van der Waals surface area contributed by atoms with Crippen molar-refractivity contribution >= 4 is 5.91 Å². The zero-order chi connectivity index (χ0) is 9.40. The van der Waals surface area contributed by atoms with Crippen molar-refractivity contribution in [3.05, 3.63) is 0 Å². The maximum atomic E-state index is 11.1. The molecule has 12 heavy (non-hydrogen) atoms. The van der Waals surface area contributed by atoms with Gasteiger partial charge >= 0.3 is 0 Å². The van der Waals surface area contributed by atoms with Gasteiger partial charge in [0.15, 0.2) is 0 Å². The number of carbonyl (C=O) groups excluding carboxylic acids is 1. The standard InChI is InChI=1S/C7H18N4O/c1-10-7(12)6(11-9)4-2-3-5-8/h6,11H,2-5,8-9H2,1H3,(H,10,12). The Balaban J connectivity index is 3.60. The Kier molecular flexibility index (Phi) is 6.64. The number of hydrogen-bond donors (Lipinski definition) is 4. The predicted octanol–water partition coefficient (Wildman–Crippen LogP) is -1.31. The highest BCUT2D eigenvalue weighted by Crippen LogP contribution is 1.98. The fraction of sp³-hybridized carbons (Fsp3) is 0.857. The third-order valence-electron chi connectivity index (χ3n) is 1.71. The van der Waals surface area contributed by atoms with Gasteiger partial charge in [0, 0.05) is 7.05 Å². The van der Waals surface area contributed by atoms with Crippen molar-refractivity contribution in [2.75, 3.05) is 13.6 Å². The number of hydrazine groups is 1. The van der Waals surface area contributed by atoms with Crippen LogP contribution in [0.2, 0.25) is 0 Å². The Morgan fingerprint density at radius 3 is 2.58 bits per heavy atom. The van der Waals surface area contributed by atoms with Crippen LogP contribution in [-0.2, 0) is 4.79 Å². The van der Waals surface area contributed by atoms with Crippen LogP contribution in [0.1, 0.15) is 19.3 Å². The van der Waals surface area contributed by atoms with E-state index in [-0.39, 0.29) is 11.9 Å². The lowest BCUT2D eigenvalue weighted by Gasteiger charge is -2.13. The Morgan fingerprint density at radius 1 is 1.50 bits per heavy atom. The summed E-state index contributed by atoms with van der Waals surface area (Å²) in [5.74, 6) is 5.11. The van der Waals surface area contributed by atoms with E-state index in [9.17, 15) is 4.79 Å². The lowest BCUT2D eigenvalue weighted by Crippen LogP contribution is -2.46. The number of rotatable bonds is 6. The molecule has 5 heteroatoms. The fourth-order valence-corrected chi connectivity index (χ4v) is 0.957. The SMILES string of the molecule is CNC(=O)C(CCCCN)NN. The monoisotopic (exact) mass is 174 g/mol. The van der Waals surface area contributed by atoms with Gasteiger partial charge in [-0.1, -0.05) is 6.42 Å². The van der Waals surface area contributed by atoms with Crippen molar-refractivity contribution in [1.29, 1.82) is 0 Å². The van der Waals surface area contributed by atoms with E-state index in [4.69, 9.17) is 11.6 Å². The molecule has 0 aromatic rings. The van der Waals surface area contributed by atoms with Crippen LogP contribution in [0.5, 0.6) is 0 Å². The molecule has 1 unspecified atom stereocenters. The third kappa shape index (κ3) is 4.27. The van der Waals surface area contributed by atoms with E-state index in [0.29, 0.717) is 6.54 Å². The van der Waals surface area contributed by atoms with Crippen molar-refractivity contribution in [3.8, 4) is 0 Å². The minimum absolute atomic E-state index is 0.0745. The van der Waals surface area contributed by atoms with Gasteiger partial charge in [0.1, 0.15) is 0 Å².